The summed E-state index contributed by atoms with van der Waals surface area (Å²) >= 11 is 12.5. The Morgan fingerprint density at radius 3 is 1.41 bits per heavy atom. The summed E-state index contributed by atoms with van der Waals surface area (Å²) in [6.45, 7) is 9.36. The van der Waals surface area contributed by atoms with E-state index in [4.69, 9.17) is 5.11 Å². The molecule has 8 rings (SSSR count). The molecule has 1 aliphatic heterocycles. The zero-order valence-corrected chi connectivity index (χ0v) is 53.5. The molecule has 1 fully saturated rings. The van der Waals surface area contributed by atoms with Crippen LogP contribution in [0.5, 0.6) is 0 Å². The zero-order valence-electron chi connectivity index (χ0n) is 43.8. The van der Waals surface area contributed by atoms with Gasteiger partial charge in [0.1, 0.15) is 0 Å². The van der Waals surface area contributed by atoms with Crippen molar-refractivity contribution in [2.45, 2.75) is 46.5 Å². The topological polar surface area (TPSA) is 160 Å². The van der Waals surface area contributed by atoms with Crippen LogP contribution in [0.2, 0.25) is 0 Å². The summed E-state index contributed by atoms with van der Waals surface area (Å²) < 4.78 is 88.5. The number of halogens is 11. The second-order valence-corrected chi connectivity index (χ2v) is 23.8. The lowest BCUT2D eigenvalue weighted by molar-refractivity contribution is 0.0942. The van der Waals surface area contributed by atoms with Crippen molar-refractivity contribution < 1.29 is 45.8 Å². The Balaban J connectivity index is 0.000000197. The monoisotopic (exact) mass is 1580 g/mol. The molecular weight excluding hydrogens is 1530 g/mol. The predicted molar refractivity (Wildman–Crippen MR) is 338 cm³/mol. The maximum atomic E-state index is 14.7. The van der Waals surface area contributed by atoms with Crippen molar-refractivity contribution in [1.82, 2.24) is 25.8 Å². The molecule has 6 aromatic carbocycles. The second kappa shape index (κ2) is 31.6. The number of amides is 3. The zero-order chi connectivity index (χ0) is 58.9. The molecule has 0 aliphatic carbocycles. The van der Waals surface area contributed by atoms with Gasteiger partial charge in [-0.15, -0.1) is 0 Å². The fraction of sp³-hybridized carbons (Fsp3) is 0.241. The van der Waals surface area contributed by atoms with Crippen molar-refractivity contribution in [3.63, 3.8) is 0 Å². The molecule has 1 saturated heterocycles. The van der Waals surface area contributed by atoms with Gasteiger partial charge in [0.25, 0.3) is 17.7 Å². The molecule has 428 valence electrons. The van der Waals surface area contributed by atoms with Gasteiger partial charge in [0.2, 0.25) is 0 Å². The van der Waals surface area contributed by atoms with Crippen LogP contribution in [0.4, 0.5) is 60.5 Å². The number of anilines is 6. The Hall–Kier alpha value is -5.07. The minimum Gasteiger partial charge on any atom is -0.396 e. The molecule has 7 N–H and O–H groups in total. The smallest absolute Gasteiger partial charge is 0.253 e. The molecule has 0 atom stereocenters. The Labute approximate surface area is 523 Å². The lowest BCUT2D eigenvalue weighted by atomic mass is 10.1. The molecule has 23 heteroatoms. The normalized spacial score (nSPS) is 11.9. The van der Waals surface area contributed by atoms with E-state index in [9.17, 15) is 40.7 Å². The fourth-order valence-electron chi connectivity index (χ4n) is 8.13. The Morgan fingerprint density at radius 2 is 0.963 bits per heavy atom. The van der Waals surface area contributed by atoms with Crippen LogP contribution in [-0.4, -0.2) is 78.6 Å². The highest BCUT2D eigenvalue weighted by Crippen LogP contribution is 2.35. The number of nitrogens with one attached hydrogen (secondary N) is 6. The van der Waals surface area contributed by atoms with Crippen LogP contribution in [0.1, 0.15) is 72.6 Å². The third-order valence-electron chi connectivity index (χ3n) is 12.5. The van der Waals surface area contributed by atoms with Crippen LogP contribution in [0.15, 0.2) is 112 Å². The van der Waals surface area contributed by atoms with E-state index in [0.717, 1.165) is 58.7 Å². The minimum atomic E-state index is -1.11. The highest BCUT2D eigenvalue weighted by Gasteiger charge is 2.25. The number of benzene rings is 6. The molecule has 0 unspecified atom stereocenters. The van der Waals surface area contributed by atoms with Gasteiger partial charge in [-0.05, 0) is 272 Å². The number of likely N-dealkylation sites (tertiary alicyclic amines) is 1. The van der Waals surface area contributed by atoms with Gasteiger partial charge in [0.05, 0.1) is 42.7 Å². The Kier molecular flexibility index (Phi) is 25.4. The molecular formula is C58H55Br2F6I3N8O4. The molecule has 0 spiro atoms. The molecule has 1 aliphatic rings. The van der Waals surface area contributed by atoms with Crippen molar-refractivity contribution >= 4 is 151 Å². The Bertz CT molecular complexity index is 3390. The van der Waals surface area contributed by atoms with Gasteiger partial charge < -0.3 is 41.9 Å². The van der Waals surface area contributed by atoms with E-state index < -0.39 is 52.6 Å². The molecule has 12 nitrogen and oxygen atoms in total. The number of hydrogen-bond donors (Lipinski definition) is 7. The van der Waals surface area contributed by atoms with Crippen molar-refractivity contribution in [2.24, 2.45) is 0 Å². The average molecular weight is 1580 g/mol. The van der Waals surface area contributed by atoms with E-state index in [1.54, 1.807) is 30.6 Å². The summed E-state index contributed by atoms with van der Waals surface area (Å²) in [6.07, 6.45) is 6.68. The number of aromatic nitrogens is 1. The lowest BCUT2D eigenvalue weighted by Crippen LogP contribution is -2.33. The van der Waals surface area contributed by atoms with Gasteiger partial charge in [-0.2, -0.15) is 0 Å². The first-order chi connectivity index (χ1) is 38.7. The molecule has 2 heterocycles. The van der Waals surface area contributed by atoms with Crippen LogP contribution in [-0.2, 0) is 6.42 Å². The van der Waals surface area contributed by atoms with E-state index in [1.807, 2.05) is 69.3 Å². The summed E-state index contributed by atoms with van der Waals surface area (Å²) in [6, 6.07) is 25.0. The van der Waals surface area contributed by atoms with E-state index in [2.05, 4.69) is 141 Å². The van der Waals surface area contributed by atoms with Gasteiger partial charge in [-0.1, -0.05) is 0 Å². The highest BCUT2D eigenvalue weighted by atomic mass is 127. The van der Waals surface area contributed by atoms with Crippen molar-refractivity contribution in [3.8, 4) is 0 Å². The van der Waals surface area contributed by atoms with Gasteiger partial charge in [-0.3, -0.25) is 19.4 Å². The third-order valence-corrected chi connectivity index (χ3v) is 15.6. The van der Waals surface area contributed by atoms with Crippen molar-refractivity contribution in [3.05, 3.63) is 197 Å². The van der Waals surface area contributed by atoms with Crippen molar-refractivity contribution in [2.75, 3.05) is 61.8 Å². The molecule has 0 saturated carbocycles. The molecule has 0 bridgehead atoms. The second-order valence-electron chi connectivity index (χ2n) is 18.4. The lowest BCUT2D eigenvalue weighted by Gasteiger charge is -2.18. The maximum Gasteiger partial charge on any atom is 0.253 e. The molecule has 3 amide bonds. The first-order valence-electron chi connectivity index (χ1n) is 25.2. The largest absolute Gasteiger partial charge is 0.396 e. The minimum absolute atomic E-state index is 0.00443. The van der Waals surface area contributed by atoms with Crippen LogP contribution in [0.25, 0.3) is 0 Å². The molecule has 7 aromatic rings. The van der Waals surface area contributed by atoms with E-state index in [0.29, 0.717) is 43.0 Å². The number of aliphatic hydroxyl groups excluding tert-OH is 1. The number of aryl methyl sites for hydroxylation is 3. The summed E-state index contributed by atoms with van der Waals surface area (Å²) in [7, 11) is 0. The van der Waals surface area contributed by atoms with Crippen LogP contribution < -0.4 is 31.9 Å². The summed E-state index contributed by atoms with van der Waals surface area (Å²) in [4.78, 5) is 43.9. The van der Waals surface area contributed by atoms with Gasteiger partial charge in [-0.25, -0.2) is 26.3 Å². The number of hydrogen-bond acceptors (Lipinski definition) is 9. The van der Waals surface area contributed by atoms with E-state index in [1.165, 1.54) is 31.0 Å². The van der Waals surface area contributed by atoms with Crippen LogP contribution in [0, 0.1) is 66.4 Å². The highest BCUT2D eigenvalue weighted by molar-refractivity contribution is 14.1. The number of aliphatic hydroxyl groups is 1. The molecule has 0 radical (unpaired) electrons. The summed E-state index contributed by atoms with van der Waals surface area (Å²) in [5.74, 6) is -7.89. The van der Waals surface area contributed by atoms with E-state index >= 15 is 0 Å². The van der Waals surface area contributed by atoms with Crippen molar-refractivity contribution in [1.29, 1.82) is 0 Å². The Morgan fingerprint density at radius 1 is 0.543 bits per heavy atom. The maximum absolute atomic E-state index is 14.7. The number of nitrogens with zero attached hydrogens (tertiary/aromatic N) is 2. The van der Waals surface area contributed by atoms with Gasteiger partial charge in [0, 0.05) is 73.0 Å². The average Bonchev–Trinajstić information content (AvgIpc) is 4.11. The first-order valence-corrected chi connectivity index (χ1v) is 30.0. The third kappa shape index (κ3) is 18.5. The van der Waals surface area contributed by atoms with Crippen LogP contribution >= 0.6 is 99.6 Å². The summed E-state index contributed by atoms with van der Waals surface area (Å²) in [5.41, 5.74) is 4.89. The van der Waals surface area contributed by atoms with E-state index in [-0.39, 0.29) is 55.8 Å². The predicted octanol–water partition coefficient (Wildman–Crippen LogP) is 14.7. The number of carbonyl (C=O) groups is 3. The molecule has 1 aromatic heterocycles. The number of pyridine rings is 1. The SMILES string of the molecule is Cc1cc(I)ccc1Nc1c(C(=O)NCCCO)ccc(F)c1F.Cc1cc(I)ccc1Nc1c(C(=O)NCCN2CCCC2)cc(Br)c(F)c1F.Cc1cc(I)ccc1Nc1c(C(=O)NCCc2ccncc2)cc(Br)c(F)c1F. The standard InChI is InChI=1S/C21H17BrF2IN3O.C20H21BrF2IN3O.C17H17F2IN2O2/c1-12-10-14(25)2-3-17(12)28-20-15(11-16(22)18(23)19(20)24)21(29)27-9-6-13-4-7-26-8-5-13;1-12-10-13(24)4-5-16(12)26-19-14(11-15(21)17(22)18(19)23)20(28)25-6-9-27-7-2-3-8-27;1-10-9-11(20)3-6-14(10)22-16-12(4-5-13(18)15(16)19)17(24)21-7-2-8-23/h2-5,7-8,10-11,28H,6,9H2,1H3,(H,27,29);4-5,10-11,26H,2-3,6-9H2,1H3,(H,25,28);3-6,9,22-23H,2,7-8H2,1H3,(H,21,24). The van der Waals surface area contributed by atoms with Gasteiger partial charge in [0.15, 0.2) is 34.9 Å². The number of carbonyl (C=O) groups excluding carboxylic acids is 3. The summed E-state index contributed by atoms with van der Waals surface area (Å²) in [5, 5.41) is 25.5. The van der Waals surface area contributed by atoms with Crippen LogP contribution in [0.3, 0.4) is 0 Å². The first kappa shape index (κ1) is 65.1. The number of rotatable bonds is 18. The fourth-order valence-corrected chi connectivity index (χ4v) is 10.9. The quantitative estimate of drug-likeness (QED) is 0.0192. The molecule has 81 heavy (non-hydrogen) atoms. The van der Waals surface area contributed by atoms with Gasteiger partial charge >= 0.3 is 0 Å².